The van der Waals surface area contributed by atoms with Crippen LogP contribution in [0.3, 0.4) is 0 Å². The first kappa shape index (κ1) is 33.2. The second-order valence-corrected chi connectivity index (χ2v) is 9.88. The lowest BCUT2D eigenvalue weighted by molar-refractivity contribution is -0.157. The Hall–Kier alpha value is -3.99. The molecule has 0 radical (unpaired) electrons. The van der Waals surface area contributed by atoms with Crippen molar-refractivity contribution >= 4 is 29.7 Å². The average Bonchev–Trinajstić information content (AvgIpc) is 3.52. The second kappa shape index (κ2) is 17.6. The maximum atomic E-state index is 13.1. The molecule has 0 saturated carbocycles. The lowest BCUT2D eigenvalue weighted by Gasteiger charge is -2.23. The number of hydrogen-bond donors (Lipinski definition) is 3. The van der Waals surface area contributed by atoms with Crippen LogP contribution in [0.25, 0.3) is 0 Å². The molecular formula is C30H41N3O8. The van der Waals surface area contributed by atoms with Crippen molar-refractivity contribution in [2.75, 3.05) is 33.4 Å². The van der Waals surface area contributed by atoms with E-state index in [1.54, 1.807) is 4.90 Å². The van der Waals surface area contributed by atoms with Gasteiger partial charge in [0.2, 0.25) is 17.7 Å². The summed E-state index contributed by atoms with van der Waals surface area (Å²) in [4.78, 5) is 65.6. The topological polar surface area (TPSA) is 151 Å². The number of aliphatic hydroxyl groups excluding tert-OH is 1. The van der Waals surface area contributed by atoms with Crippen LogP contribution in [0.1, 0.15) is 37.7 Å². The number of aliphatic hydroxyl groups is 1. The second-order valence-electron chi connectivity index (χ2n) is 9.88. The fourth-order valence-corrected chi connectivity index (χ4v) is 4.50. The van der Waals surface area contributed by atoms with Gasteiger partial charge in [-0.1, -0.05) is 42.5 Å². The number of hydrogen-bond acceptors (Lipinski definition) is 8. The normalized spacial score (nSPS) is 15.5. The largest absolute Gasteiger partial charge is 0.467 e. The van der Waals surface area contributed by atoms with Gasteiger partial charge in [0.1, 0.15) is 12.5 Å². The van der Waals surface area contributed by atoms with E-state index in [2.05, 4.69) is 23.8 Å². The Labute approximate surface area is 240 Å². The first-order valence-electron chi connectivity index (χ1n) is 13.7. The number of nitrogens with zero attached hydrogens (tertiary/aromatic N) is 1. The summed E-state index contributed by atoms with van der Waals surface area (Å²) in [6.45, 7) is 7.63. The molecule has 1 heterocycles. The van der Waals surface area contributed by atoms with E-state index in [0.29, 0.717) is 19.5 Å². The summed E-state index contributed by atoms with van der Waals surface area (Å²) in [6.07, 6.45) is 5.18. The van der Waals surface area contributed by atoms with Gasteiger partial charge in [0.05, 0.1) is 25.7 Å². The predicted octanol–water partition coefficient (Wildman–Crippen LogP) is 1.30. The third kappa shape index (κ3) is 10.8. The van der Waals surface area contributed by atoms with Gasteiger partial charge in [0, 0.05) is 19.5 Å². The number of benzene rings is 1. The first-order valence-corrected chi connectivity index (χ1v) is 13.7. The van der Waals surface area contributed by atoms with Crippen molar-refractivity contribution in [3.63, 3.8) is 0 Å². The molecule has 224 valence electrons. The van der Waals surface area contributed by atoms with Crippen molar-refractivity contribution in [2.24, 2.45) is 11.8 Å². The molecule has 0 aliphatic carbocycles. The number of carbonyl (C=O) groups excluding carboxylic acids is 5. The fraction of sp³-hybridized carbons (Fsp3) is 0.500. The number of esters is 2. The number of carbonyl (C=O) groups is 5. The molecular weight excluding hydrogens is 530 g/mol. The molecule has 1 aromatic carbocycles. The van der Waals surface area contributed by atoms with Crippen LogP contribution in [0.4, 0.5) is 0 Å². The van der Waals surface area contributed by atoms with Crippen molar-refractivity contribution in [1.29, 1.82) is 0 Å². The molecule has 41 heavy (non-hydrogen) atoms. The van der Waals surface area contributed by atoms with Gasteiger partial charge in [0.25, 0.3) is 0 Å². The minimum atomic E-state index is -1.40. The summed E-state index contributed by atoms with van der Waals surface area (Å²) < 4.78 is 10.1. The third-order valence-electron chi connectivity index (χ3n) is 6.79. The molecule has 1 aromatic rings. The van der Waals surface area contributed by atoms with E-state index < -0.39 is 54.3 Å². The van der Waals surface area contributed by atoms with Crippen molar-refractivity contribution in [2.45, 2.75) is 50.6 Å². The molecule has 1 fully saturated rings. The minimum absolute atomic E-state index is 0.0468. The van der Waals surface area contributed by atoms with Crippen LogP contribution >= 0.6 is 0 Å². The van der Waals surface area contributed by atoms with E-state index in [-0.39, 0.29) is 31.8 Å². The third-order valence-corrected chi connectivity index (χ3v) is 6.79. The van der Waals surface area contributed by atoms with Gasteiger partial charge in [-0.3, -0.25) is 19.2 Å². The van der Waals surface area contributed by atoms with Gasteiger partial charge in [-0.15, -0.1) is 13.2 Å². The Kier molecular flexibility index (Phi) is 14.3. The number of nitrogens with one attached hydrogen (secondary N) is 2. The van der Waals surface area contributed by atoms with Gasteiger partial charge in [-0.2, -0.15) is 0 Å². The van der Waals surface area contributed by atoms with Crippen LogP contribution in [-0.2, 0) is 39.9 Å². The SMILES string of the molecule is C=CCC(C(=O)N[C@@H](CO)Cc1ccccc1)C(=O)N[C@H](COC(=O)[C@H](CC=C)CC(=O)N1CCCC1)C(=O)OC. The number of allylic oxidation sites excluding steroid dienone is 2. The Morgan fingerprint density at radius 3 is 2.20 bits per heavy atom. The maximum Gasteiger partial charge on any atom is 0.331 e. The van der Waals surface area contributed by atoms with Gasteiger partial charge in [-0.25, -0.2) is 4.79 Å². The smallest absolute Gasteiger partial charge is 0.331 e. The molecule has 1 unspecified atom stereocenters. The fourth-order valence-electron chi connectivity index (χ4n) is 4.50. The van der Waals surface area contributed by atoms with E-state index >= 15 is 0 Å². The van der Waals surface area contributed by atoms with Crippen LogP contribution in [0.5, 0.6) is 0 Å². The zero-order valence-corrected chi connectivity index (χ0v) is 23.6. The van der Waals surface area contributed by atoms with Crippen LogP contribution in [0.15, 0.2) is 55.6 Å². The molecule has 4 atom stereocenters. The van der Waals surface area contributed by atoms with E-state index in [4.69, 9.17) is 9.47 Å². The summed E-state index contributed by atoms with van der Waals surface area (Å²) in [5.41, 5.74) is 0.890. The molecule has 0 spiro atoms. The molecule has 11 heteroatoms. The van der Waals surface area contributed by atoms with Crippen LogP contribution < -0.4 is 10.6 Å². The molecule has 0 aromatic heterocycles. The Balaban J connectivity index is 2.03. The summed E-state index contributed by atoms with van der Waals surface area (Å²) in [6, 6.07) is 7.19. The monoisotopic (exact) mass is 571 g/mol. The van der Waals surface area contributed by atoms with Crippen molar-refractivity contribution in [3.05, 3.63) is 61.2 Å². The molecule has 3 amide bonds. The highest BCUT2D eigenvalue weighted by atomic mass is 16.5. The van der Waals surface area contributed by atoms with E-state index in [9.17, 15) is 29.1 Å². The molecule has 3 N–H and O–H groups in total. The van der Waals surface area contributed by atoms with E-state index in [1.165, 1.54) is 12.2 Å². The number of rotatable bonds is 17. The van der Waals surface area contributed by atoms with Crippen LogP contribution in [0, 0.1) is 11.8 Å². The van der Waals surface area contributed by atoms with Gasteiger partial charge in [-0.05, 0) is 37.7 Å². The maximum absolute atomic E-state index is 13.1. The standard InChI is InChI=1S/C30H41N3O8/c1-4-11-22(18-26(35)33-15-9-10-16-33)29(38)41-20-25(30(39)40-3)32-28(37)24(12-5-2)27(36)31-23(19-34)17-21-13-7-6-8-14-21/h4-8,13-14,22-25,34H,1-2,9-12,15-20H2,3H3,(H,31,36)(H,32,37)/t22-,23-,24?,25-/m1/s1. The lowest BCUT2D eigenvalue weighted by Crippen LogP contribution is -2.52. The van der Waals surface area contributed by atoms with Gasteiger partial charge >= 0.3 is 11.9 Å². The summed E-state index contributed by atoms with van der Waals surface area (Å²) in [5.74, 6) is -5.29. The molecule has 1 saturated heterocycles. The Bertz CT molecular complexity index is 1060. The van der Waals surface area contributed by atoms with Crippen molar-refractivity contribution < 1.29 is 38.6 Å². The quantitative estimate of drug-likeness (QED) is 0.144. The molecule has 1 aliphatic heterocycles. The average molecular weight is 572 g/mol. The predicted molar refractivity (Wildman–Crippen MR) is 151 cm³/mol. The van der Waals surface area contributed by atoms with Crippen LogP contribution in [-0.4, -0.2) is 85.2 Å². The van der Waals surface area contributed by atoms with Crippen LogP contribution in [0.2, 0.25) is 0 Å². The Morgan fingerprint density at radius 2 is 1.61 bits per heavy atom. The number of ether oxygens (including phenoxy) is 2. The highest BCUT2D eigenvalue weighted by Crippen LogP contribution is 2.17. The first-order chi connectivity index (χ1) is 19.7. The minimum Gasteiger partial charge on any atom is -0.467 e. The molecule has 11 nitrogen and oxygen atoms in total. The van der Waals surface area contributed by atoms with Gasteiger partial charge < -0.3 is 30.1 Å². The molecule has 0 bridgehead atoms. The highest BCUT2D eigenvalue weighted by Gasteiger charge is 2.33. The van der Waals surface area contributed by atoms with Gasteiger partial charge in [0.15, 0.2) is 6.04 Å². The molecule has 1 aliphatic rings. The lowest BCUT2D eigenvalue weighted by atomic mass is 10.0. The van der Waals surface area contributed by atoms with E-state index in [0.717, 1.165) is 25.5 Å². The number of likely N-dealkylation sites (tertiary alicyclic amines) is 1. The Morgan fingerprint density at radius 1 is 0.976 bits per heavy atom. The number of methoxy groups -OCH3 is 1. The molecule has 2 rings (SSSR count). The number of amides is 3. The summed E-state index contributed by atoms with van der Waals surface area (Å²) >= 11 is 0. The van der Waals surface area contributed by atoms with E-state index in [1.807, 2.05) is 30.3 Å². The zero-order valence-electron chi connectivity index (χ0n) is 23.6. The highest BCUT2D eigenvalue weighted by molar-refractivity contribution is 6.01. The zero-order chi connectivity index (χ0) is 30.2. The van der Waals surface area contributed by atoms with Crippen molar-refractivity contribution in [1.82, 2.24) is 15.5 Å². The summed E-state index contributed by atoms with van der Waals surface area (Å²) in [7, 11) is 1.11. The van der Waals surface area contributed by atoms with Crippen molar-refractivity contribution in [3.8, 4) is 0 Å². The summed E-state index contributed by atoms with van der Waals surface area (Å²) in [5, 5.41) is 14.9.